The molecule has 1 aromatic rings. The van der Waals surface area contributed by atoms with Crippen LogP contribution in [0.5, 0.6) is 0 Å². The summed E-state index contributed by atoms with van der Waals surface area (Å²) in [5.41, 5.74) is 10.9. The first kappa shape index (κ1) is 14.3. The highest BCUT2D eigenvalue weighted by molar-refractivity contribution is 6.42. The zero-order valence-electron chi connectivity index (χ0n) is 7.89. The van der Waals surface area contributed by atoms with E-state index in [-0.39, 0.29) is 5.96 Å². The number of hydrogen-bond donors (Lipinski definition) is 4. The number of hydrogen-bond acceptors (Lipinski definition) is 2. The molecule has 0 radical (unpaired) electrons. The highest BCUT2D eigenvalue weighted by Gasteiger charge is 1.97. The van der Waals surface area contributed by atoms with E-state index in [1.807, 2.05) is 0 Å². The number of carbonyl (C=O) groups is 1. The standard InChI is InChI=1S/C7H7Cl2N3.CH2O3/c8-5-2-1-4(3-6(5)9)12-7(10)11;2-1(3)4/h1-3H,(H4,10,11,12);(H2,2,3,4). The largest absolute Gasteiger partial charge is 0.503 e. The molecule has 1 aromatic carbocycles. The number of nitrogens with zero attached hydrogens (tertiary/aromatic N) is 1. The van der Waals surface area contributed by atoms with E-state index in [1.165, 1.54) is 0 Å². The number of halogens is 2. The van der Waals surface area contributed by atoms with Crippen molar-refractivity contribution in [3.63, 3.8) is 0 Å². The van der Waals surface area contributed by atoms with Crippen LogP contribution in [-0.2, 0) is 0 Å². The minimum absolute atomic E-state index is 0.00612. The molecular weight excluding hydrogens is 257 g/mol. The quantitative estimate of drug-likeness (QED) is 0.458. The van der Waals surface area contributed by atoms with Gasteiger partial charge in [-0.25, -0.2) is 9.79 Å². The molecule has 0 aromatic heterocycles. The van der Waals surface area contributed by atoms with Crippen LogP contribution in [0, 0.1) is 0 Å². The molecule has 6 nitrogen and oxygen atoms in total. The lowest BCUT2D eigenvalue weighted by Crippen LogP contribution is -2.21. The van der Waals surface area contributed by atoms with Gasteiger partial charge in [0.15, 0.2) is 5.96 Å². The summed E-state index contributed by atoms with van der Waals surface area (Å²) in [4.78, 5) is 12.3. The van der Waals surface area contributed by atoms with Crippen molar-refractivity contribution in [2.75, 3.05) is 0 Å². The molecule has 0 atom stereocenters. The van der Waals surface area contributed by atoms with Crippen LogP contribution in [0.15, 0.2) is 23.2 Å². The Bertz CT molecular complexity index is 402. The van der Waals surface area contributed by atoms with Gasteiger partial charge >= 0.3 is 6.16 Å². The third kappa shape index (κ3) is 6.74. The molecule has 0 amide bonds. The average Bonchev–Trinajstić information content (AvgIpc) is 2.09. The molecule has 0 saturated heterocycles. The third-order valence-electron chi connectivity index (χ3n) is 1.16. The molecule has 0 aliphatic heterocycles. The fourth-order valence-corrected chi connectivity index (χ4v) is 0.996. The fourth-order valence-electron chi connectivity index (χ4n) is 0.704. The maximum absolute atomic E-state index is 8.56. The summed E-state index contributed by atoms with van der Waals surface area (Å²) in [5, 5.41) is 14.9. The highest BCUT2D eigenvalue weighted by atomic mass is 35.5. The van der Waals surface area contributed by atoms with Crippen LogP contribution in [0.3, 0.4) is 0 Å². The summed E-state index contributed by atoms with van der Waals surface area (Å²) in [6, 6.07) is 4.89. The van der Waals surface area contributed by atoms with Gasteiger partial charge < -0.3 is 21.7 Å². The van der Waals surface area contributed by atoms with Gasteiger partial charge in [0.2, 0.25) is 0 Å². The Balaban J connectivity index is 0.000000487. The van der Waals surface area contributed by atoms with E-state index in [0.717, 1.165) is 0 Å². The van der Waals surface area contributed by atoms with E-state index in [2.05, 4.69) is 4.99 Å². The van der Waals surface area contributed by atoms with Crippen LogP contribution in [-0.4, -0.2) is 22.3 Å². The second kappa shape index (κ2) is 6.76. The Labute approximate surface area is 101 Å². The van der Waals surface area contributed by atoms with Crippen molar-refractivity contribution in [1.29, 1.82) is 0 Å². The van der Waals surface area contributed by atoms with Gasteiger partial charge in [0.25, 0.3) is 0 Å². The van der Waals surface area contributed by atoms with Gasteiger partial charge in [0.05, 0.1) is 15.7 Å². The molecule has 16 heavy (non-hydrogen) atoms. The molecule has 8 heteroatoms. The highest BCUT2D eigenvalue weighted by Crippen LogP contribution is 2.26. The molecule has 88 valence electrons. The first-order valence-electron chi connectivity index (χ1n) is 3.79. The lowest BCUT2D eigenvalue weighted by atomic mass is 10.3. The zero-order chi connectivity index (χ0) is 12.7. The predicted octanol–water partition coefficient (Wildman–Crippen LogP) is 2.12. The minimum atomic E-state index is -1.83. The van der Waals surface area contributed by atoms with Crippen LogP contribution >= 0.6 is 23.2 Å². The SMILES string of the molecule is NC(N)=Nc1ccc(Cl)c(Cl)c1.O=C(O)O. The summed E-state index contributed by atoms with van der Waals surface area (Å²) in [7, 11) is 0. The Morgan fingerprint density at radius 2 is 1.69 bits per heavy atom. The number of benzene rings is 1. The van der Waals surface area contributed by atoms with Gasteiger partial charge in [-0.3, -0.25) is 0 Å². The Kier molecular flexibility index (Phi) is 6.06. The number of nitrogens with two attached hydrogens (primary N) is 2. The van der Waals surface area contributed by atoms with Gasteiger partial charge in [-0.1, -0.05) is 23.2 Å². The van der Waals surface area contributed by atoms with Gasteiger partial charge in [0.1, 0.15) is 0 Å². The first-order valence-corrected chi connectivity index (χ1v) is 4.55. The molecule has 0 spiro atoms. The lowest BCUT2D eigenvalue weighted by molar-refractivity contribution is 0.137. The van der Waals surface area contributed by atoms with Gasteiger partial charge in [-0.05, 0) is 18.2 Å². The Morgan fingerprint density at radius 3 is 2.06 bits per heavy atom. The average molecular weight is 266 g/mol. The molecule has 6 N–H and O–H groups in total. The molecular formula is C8H9Cl2N3O3. The van der Waals surface area contributed by atoms with Crippen LogP contribution in [0.1, 0.15) is 0 Å². The maximum Gasteiger partial charge on any atom is 0.503 e. The van der Waals surface area contributed by atoms with Crippen molar-refractivity contribution in [3.05, 3.63) is 28.2 Å². The lowest BCUT2D eigenvalue weighted by Gasteiger charge is -1.97. The summed E-state index contributed by atoms with van der Waals surface area (Å²) in [6.07, 6.45) is -1.83. The molecule has 0 bridgehead atoms. The van der Waals surface area contributed by atoms with Gasteiger partial charge in [-0.2, -0.15) is 0 Å². The molecule has 1 rings (SSSR count). The van der Waals surface area contributed by atoms with E-state index in [9.17, 15) is 0 Å². The summed E-state index contributed by atoms with van der Waals surface area (Å²) in [5.74, 6) is -0.00612. The molecule has 0 heterocycles. The summed E-state index contributed by atoms with van der Waals surface area (Å²) >= 11 is 11.4. The molecule has 0 unspecified atom stereocenters. The van der Waals surface area contributed by atoms with Crippen molar-refractivity contribution < 1.29 is 15.0 Å². The second-order valence-electron chi connectivity index (χ2n) is 2.42. The van der Waals surface area contributed by atoms with Crippen molar-refractivity contribution >= 4 is 41.0 Å². The predicted molar refractivity (Wildman–Crippen MR) is 62.6 cm³/mol. The first-order chi connectivity index (χ1) is 7.32. The number of carboxylic acid groups (broad SMARTS) is 2. The number of guanidine groups is 1. The second-order valence-corrected chi connectivity index (χ2v) is 3.23. The molecule has 0 aliphatic rings. The van der Waals surface area contributed by atoms with Crippen molar-refractivity contribution in [1.82, 2.24) is 0 Å². The Morgan fingerprint density at radius 1 is 1.19 bits per heavy atom. The normalized spacial score (nSPS) is 8.62. The van der Waals surface area contributed by atoms with Crippen molar-refractivity contribution in [2.45, 2.75) is 0 Å². The van der Waals surface area contributed by atoms with Crippen LogP contribution in [0.2, 0.25) is 10.0 Å². The smallest absolute Gasteiger partial charge is 0.450 e. The van der Waals surface area contributed by atoms with E-state index in [0.29, 0.717) is 15.7 Å². The monoisotopic (exact) mass is 265 g/mol. The summed E-state index contributed by atoms with van der Waals surface area (Å²) in [6.45, 7) is 0. The van der Waals surface area contributed by atoms with E-state index < -0.39 is 6.16 Å². The zero-order valence-corrected chi connectivity index (χ0v) is 9.40. The summed E-state index contributed by atoms with van der Waals surface area (Å²) < 4.78 is 0. The fraction of sp³-hybridized carbons (Fsp3) is 0. The topological polar surface area (TPSA) is 122 Å². The van der Waals surface area contributed by atoms with Crippen LogP contribution in [0.4, 0.5) is 10.5 Å². The molecule has 0 aliphatic carbocycles. The molecule has 0 fully saturated rings. The number of aliphatic imine (C=N–C) groups is 1. The number of rotatable bonds is 1. The van der Waals surface area contributed by atoms with Crippen LogP contribution in [0.25, 0.3) is 0 Å². The van der Waals surface area contributed by atoms with Crippen molar-refractivity contribution in [2.24, 2.45) is 16.5 Å². The molecule has 0 saturated carbocycles. The van der Waals surface area contributed by atoms with Crippen LogP contribution < -0.4 is 11.5 Å². The maximum atomic E-state index is 8.56. The van der Waals surface area contributed by atoms with Gasteiger partial charge in [-0.15, -0.1) is 0 Å². The van der Waals surface area contributed by atoms with Gasteiger partial charge in [0, 0.05) is 0 Å². The van der Waals surface area contributed by atoms with E-state index in [4.69, 9.17) is 49.7 Å². The minimum Gasteiger partial charge on any atom is -0.450 e. The Hall–Kier alpha value is -1.66. The third-order valence-corrected chi connectivity index (χ3v) is 1.90. The van der Waals surface area contributed by atoms with E-state index >= 15 is 0 Å². The van der Waals surface area contributed by atoms with Crippen molar-refractivity contribution in [3.8, 4) is 0 Å². The van der Waals surface area contributed by atoms with E-state index in [1.54, 1.807) is 18.2 Å².